The third-order valence-electron chi connectivity index (χ3n) is 4.09. The van der Waals surface area contributed by atoms with Gasteiger partial charge in [0.1, 0.15) is 0 Å². The molecule has 0 aromatic heterocycles. The number of unbranched alkanes of at least 4 members (excludes halogenated alkanes) is 2. The molecule has 0 bridgehead atoms. The van der Waals surface area contributed by atoms with Gasteiger partial charge in [0.15, 0.2) is 5.79 Å². The van der Waals surface area contributed by atoms with Crippen molar-refractivity contribution in [3.05, 3.63) is 0 Å². The van der Waals surface area contributed by atoms with Gasteiger partial charge in [-0.3, -0.25) is 0 Å². The average molecular weight is 321 g/mol. The van der Waals surface area contributed by atoms with Crippen LogP contribution in [0.25, 0.3) is 0 Å². The summed E-state index contributed by atoms with van der Waals surface area (Å²) in [5.74, 6) is 1.30. The van der Waals surface area contributed by atoms with E-state index in [1.54, 1.807) is 0 Å². The highest BCUT2D eigenvalue weighted by Gasteiger charge is 2.23. The van der Waals surface area contributed by atoms with Gasteiger partial charge in [-0.2, -0.15) is 0 Å². The van der Waals surface area contributed by atoms with Crippen LogP contribution in [-0.2, 0) is 9.47 Å². The zero-order valence-corrected chi connectivity index (χ0v) is 15.5. The SMILES string of the molecule is CCCC(CCCCl)CCCCCC(C)(OCC)OCC. The number of alkyl halides is 1. The Labute approximate surface area is 137 Å². The molecular weight excluding hydrogens is 284 g/mol. The van der Waals surface area contributed by atoms with Crippen LogP contribution in [0.2, 0.25) is 0 Å². The van der Waals surface area contributed by atoms with E-state index in [1.165, 1.54) is 51.4 Å². The van der Waals surface area contributed by atoms with Gasteiger partial charge in [-0.1, -0.05) is 39.0 Å². The number of halogens is 1. The van der Waals surface area contributed by atoms with Crippen LogP contribution in [-0.4, -0.2) is 24.9 Å². The molecule has 0 spiro atoms. The second-order valence-corrected chi connectivity index (χ2v) is 6.46. The Morgan fingerprint density at radius 1 is 0.857 bits per heavy atom. The Bertz CT molecular complexity index is 215. The molecule has 1 unspecified atom stereocenters. The minimum Gasteiger partial charge on any atom is -0.351 e. The fourth-order valence-electron chi connectivity index (χ4n) is 3.06. The molecule has 0 aromatic carbocycles. The van der Waals surface area contributed by atoms with Crippen molar-refractivity contribution >= 4 is 11.6 Å². The molecule has 0 fully saturated rings. The molecule has 0 aromatic rings. The maximum Gasteiger partial charge on any atom is 0.165 e. The summed E-state index contributed by atoms with van der Waals surface area (Å²) in [6, 6.07) is 0. The molecule has 1 atom stereocenters. The van der Waals surface area contributed by atoms with Crippen molar-refractivity contribution in [2.24, 2.45) is 5.92 Å². The number of hydrogen-bond donors (Lipinski definition) is 0. The van der Waals surface area contributed by atoms with Gasteiger partial charge in [-0.25, -0.2) is 0 Å². The van der Waals surface area contributed by atoms with Crippen LogP contribution in [0.4, 0.5) is 0 Å². The molecule has 0 radical (unpaired) electrons. The normalized spacial score (nSPS) is 13.6. The molecule has 0 amide bonds. The number of rotatable bonds is 15. The Hall–Kier alpha value is 0.210. The summed E-state index contributed by atoms with van der Waals surface area (Å²) >= 11 is 5.81. The second-order valence-electron chi connectivity index (χ2n) is 6.09. The lowest BCUT2D eigenvalue weighted by Gasteiger charge is -2.29. The lowest BCUT2D eigenvalue weighted by atomic mass is 9.92. The molecule has 0 saturated carbocycles. The van der Waals surface area contributed by atoms with E-state index in [0.717, 1.165) is 18.2 Å². The van der Waals surface area contributed by atoms with Crippen LogP contribution in [0, 0.1) is 5.92 Å². The number of ether oxygens (including phenoxy) is 2. The maximum absolute atomic E-state index is 5.81. The Balaban J connectivity index is 3.84. The van der Waals surface area contributed by atoms with Crippen molar-refractivity contribution in [2.75, 3.05) is 19.1 Å². The van der Waals surface area contributed by atoms with Crippen LogP contribution in [0.3, 0.4) is 0 Å². The van der Waals surface area contributed by atoms with Crippen molar-refractivity contribution in [1.29, 1.82) is 0 Å². The van der Waals surface area contributed by atoms with Crippen molar-refractivity contribution in [3.8, 4) is 0 Å². The molecule has 0 aliphatic rings. The van der Waals surface area contributed by atoms with Gasteiger partial charge in [-0.05, 0) is 46.0 Å². The van der Waals surface area contributed by atoms with Crippen LogP contribution in [0.5, 0.6) is 0 Å². The van der Waals surface area contributed by atoms with Crippen molar-refractivity contribution in [3.63, 3.8) is 0 Å². The lowest BCUT2D eigenvalue weighted by molar-refractivity contribution is -0.225. The third kappa shape index (κ3) is 11.4. The topological polar surface area (TPSA) is 18.5 Å². The Morgan fingerprint density at radius 3 is 2.00 bits per heavy atom. The van der Waals surface area contributed by atoms with Gasteiger partial charge in [-0.15, -0.1) is 11.6 Å². The van der Waals surface area contributed by atoms with Gasteiger partial charge < -0.3 is 9.47 Å². The predicted octanol–water partition coefficient (Wildman–Crippen LogP) is 6.16. The molecule has 0 aliphatic carbocycles. The van der Waals surface area contributed by atoms with E-state index in [0.29, 0.717) is 13.2 Å². The van der Waals surface area contributed by atoms with E-state index in [4.69, 9.17) is 21.1 Å². The summed E-state index contributed by atoms with van der Waals surface area (Å²) in [6.45, 7) is 9.84. The van der Waals surface area contributed by atoms with Gasteiger partial charge in [0.2, 0.25) is 0 Å². The fraction of sp³-hybridized carbons (Fsp3) is 1.00. The summed E-state index contributed by atoms with van der Waals surface area (Å²) < 4.78 is 11.5. The van der Waals surface area contributed by atoms with Gasteiger partial charge >= 0.3 is 0 Å². The van der Waals surface area contributed by atoms with Gasteiger partial charge in [0.25, 0.3) is 0 Å². The molecule has 2 nitrogen and oxygen atoms in total. The average Bonchev–Trinajstić information content (AvgIpc) is 2.44. The first-order valence-corrected chi connectivity index (χ1v) is 9.49. The summed E-state index contributed by atoms with van der Waals surface area (Å²) in [4.78, 5) is 0. The lowest BCUT2D eigenvalue weighted by Crippen LogP contribution is -2.32. The molecule has 0 heterocycles. The standard InChI is InChI=1S/C18H37ClO2/c1-5-12-17(14-11-16-19)13-9-8-10-15-18(4,20-6-2)21-7-3/h17H,5-16H2,1-4H3. The zero-order valence-electron chi connectivity index (χ0n) is 14.8. The third-order valence-corrected chi connectivity index (χ3v) is 4.35. The largest absolute Gasteiger partial charge is 0.351 e. The van der Waals surface area contributed by atoms with E-state index in [-0.39, 0.29) is 5.79 Å². The van der Waals surface area contributed by atoms with Crippen LogP contribution in [0.1, 0.15) is 85.5 Å². The van der Waals surface area contributed by atoms with E-state index in [1.807, 2.05) is 13.8 Å². The first-order chi connectivity index (χ1) is 10.1. The highest BCUT2D eigenvalue weighted by atomic mass is 35.5. The van der Waals surface area contributed by atoms with Gasteiger partial charge in [0.05, 0.1) is 0 Å². The van der Waals surface area contributed by atoms with Crippen molar-refractivity contribution in [2.45, 2.75) is 91.3 Å². The minimum absolute atomic E-state index is 0.384. The van der Waals surface area contributed by atoms with E-state index in [2.05, 4.69) is 13.8 Å². The Kier molecular flexibility index (Phi) is 14.0. The smallest absolute Gasteiger partial charge is 0.165 e. The summed E-state index contributed by atoms with van der Waals surface area (Å²) in [5, 5.41) is 0. The zero-order chi connectivity index (χ0) is 16.0. The monoisotopic (exact) mass is 320 g/mol. The summed E-state index contributed by atoms with van der Waals surface area (Å²) in [7, 11) is 0. The second kappa shape index (κ2) is 13.8. The minimum atomic E-state index is -0.384. The quantitative estimate of drug-likeness (QED) is 0.204. The molecule has 0 N–H and O–H groups in total. The van der Waals surface area contributed by atoms with Crippen LogP contribution >= 0.6 is 11.6 Å². The highest BCUT2D eigenvalue weighted by Crippen LogP contribution is 2.24. The molecule has 0 saturated heterocycles. The van der Waals surface area contributed by atoms with Crippen LogP contribution < -0.4 is 0 Å². The first-order valence-electron chi connectivity index (χ1n) is 8.95. The first kappa shape index (κ1) is 21.2. The molecule has 0 aliphatic heterocycles. The van der Waals surface area contributed by atoms with Crippen molar-refractivity contribution in [1.82, 2.24) is 0 Å². The number of hydrogen-bond acceptors (Lipinski definition) is 2. The van der Waals surface area contributed by atoms with Gasteiger partial charge in [0, 0.05) is 25.5 Å². The molecule has 0 rings (SSSR count). The summed E-state index contributed by atoms with van der Waals surface area (Å²) in [5.41, 5.74) is 0. The molecule has 21 heavy (non-hydrogen) atoms. The molecular formula is C18H37ClO2. The van der Waals surface area contributed by atoms with E-state index < -0.39 is 0 Å². The predicted molar refractivity (Wildman–Crippen MR) is 93.1 cm³/mol. The van der Waals surface area contributed by atoms with Crippen LogP contribution in [0.15, 0.2) is 0 Å². The highest BCUT2D eigenvalue weighted by molar-refractivity contribution is 6.17. The van der Waals surface area contributed by atoms with E-state index in [9.17, 15) is 0 Å². The summed E-state index contributed by atoms with van der Waals surface area (Å²) in [6.07, 6.45) is 11.2. The van der Waals surface area contributed by atoms with Crippen molar-refractivity contribution < 1.29 is 9.47 Å². The molecule has 128 valence electrons. The molecule has 3 heteroatoms. The Morgan fingerprint density at radius 2 is 1.48 bits per heavy atom. The fourth-order valence-corrected chi connectivity index (χ4v) is 3.21. The maximum atomic E-state index is 5.81. The van der Waals surface area contributed by atoms with E-state index >= 15 is 0 Å².